The molecule has 0 spiro atoms. The fourth-order valence-corrected chi connectivity index (χ4v) is 4.00. The summed E-state index contributed by atoms with van der Waals surface area (Å²) in [6, 6.07) is 0.0787. The summed E-state index contributed by atoms with van der Waals surface area (Å²) in [5, 5.41) is 0. The summed E-state index contributed by atoms with van der Waals surface area (Å²) in [6.45, 7) is 6.77. The average Bonchev–Trinajstić information content (AvgIpc) is 2.83. The van der Waals surface area contributed by atoms with Gasteiger partial charge in [-0.2, -0.15) is 0 Å². The highest BCUT2D eigenvalue weighted by Crippen LogP contribution is 2.24. The van der Waals surface area contributed by atoms with Crippen LogP contribution in [0.1, 0.15) is 38.8 Å². The average molecular weight is 286 g/mol. The molecule has 2 rings (SSSR count). The lowest BCUT2D eigenvalue weighted by molar-refractivity contribution is 0.223. The lowest BCUT2D eigenvalue weighted by Gasteiger charge is -2.21. The second-order valence-electron chi connectivity index (χ2n) is 6.34. The standard InChI is InChI=1S/C13H22N2O3S/c1-13(2,3)11-7-14-12(18-11)8-15(4)10-5-6-19(16,17)9-10/h7,10H,5-6,8-9H2,1-4H3. The van der Waals surface area contributed by atoms with Crippen molar-refractivity contribution in [3.8, 4) is 0 Å². The van der Waals surface area contributed by atoms with Gasteiger partial charge in [-0.1, -0.05) is 20.8 Å². The first-order valence-electron chi connectivity index (χ1n) is 6.53. The van der Waals surface area contributed by atoms with Crippen LogP contribution in [-0.4, -0.2) is 42.9 Å². The summed E-state index contributed by atoms with van der Waals surface area (Å²) < 4.78 is 28.7. The number of aromatic nitrogens is 1. The van der Waals surface area contributed by atoms with Crippen molar-refractivity contribution >= 4 is 9.84 Å². The minimum Gasteiger partial charge on any atom is -0.444 e. The maximum Gasteiger partial charge on any atom is 0.208 e. The van der Waals surface area contributed by atoms with Gasteiger partial charge in [0, 0.05) is 11.5 Å². The van der Waals surface area contributed by atoms with E-state index in [1.807, 2.05) is 11.9 Å². The Morgan fingerprint density at radius 3 is 2.63 bits per heavy atom. The van der Waals surface area contributed by atoms with Gasteiger partial charge >= 0.3 is 0 Å². The molecule has 5 nitrogen and oxygen atoms in total. The minimum atomic E-state index is -2.84. The number of rotatable bonds is 3. The van der Waals surface area contributed by atoms with Crippen molar-refractivity contribution < 1.29 is 12.8 Å². The smallest absolute Gasteiger partial charge is 0.208 e. The van der Waals surface area contributed by atoms with Gasteiger partial charge in [0.05, 0.1) is 24.2 Å². The van der Waals surface area contributed by atoms with E-state index in [0.717, 1.165) is 5.76 Å². The molecule has 1 aliphatic heterocycles. The zero-order chi connectivity index (χ0) is 14.3. The minimum absolute atomic E-state index is 0.0550. The summed E-state index contributed by atoms with van der Waals surface area (Å²) in [7, 11) is -0.920. The van der Waals surface area contributed by atoms with Crippen LogP contribution in [0.3, 0.4) is 0 Å². The summed E-state index contributed by atoms with van der Waals surface area (Å²) in [5.41, 5.74) is -0.0550. The van der Waals surface area contributed by atoms with Crippen LogP contribution in [-0.2, 0) is 21.8 Å². The van der Waals surface area contributed by atoms with Gasteiger partial charge in [-0.3, -0.25) is 4.90 Å². The second-order valence-corrected chi connectivity index (χ2v) is 8.57. The monoisotopic (exact) mass is 286 g/mol. The Morgan fingerprint density at radius 1 is 1.47 bits per heavy atom. The van der Waals surface area contributed by atoms with Crippen molar-refractivity contribution in [3.63, 3.8) is 0 Å². The molecule has 1 saturated heterocycles. The van der Waals surface area contributed by atoms with Crippen LogP contribution in [0.4, 0.5) is 0 Å². The van der Waals surface area contributed by atoms with E-state index in [0.29, 0.717) is 24.6 Å². The molecule has 0 bridgehead atoms. The Bertz CT molecular complexity index is 542. The predicted molar refractivity (Wildman–Crippen MR) is 73.7 cm³/mol. The Labute approximate surface area is 114 Å². The highest BCUT2D eigenvalue weighted by atomic mass is 32.2. The maximum atomic E-state index is 11.5. The third kappa shape index (κ3) is 3.57. The zero-order valence-corrected chi connectivity index (χ0v) is 12.8. The first-order valence-corrected chi connectivity index (χ1v) is 8.35. The van der Waals surface area contributed by atoms with Crippen LogP contribution >= 0.6 is 0 Å². The van der Waals surface area contributed by atoms with E-state index in [2.05, 4.69) is 25.8 Å². The Hall–Kier alpha value is -0.880. The van der Waals surface area contributed by atoms with Crippen LogP contribution < -0.4 is 0 Å². The molecule has 0 aliphatic carbocycles. The molecule has 0 radical (unpaired) electrons. The van der Waals surface area contributed by atoms with Gasteiger partial charge in [0.2, 0.25) is 5.89 Å². The summed E-state index contributed by atoms with van der Waals surface area (Å²) in [6.07, 6.45) is 2.46. The SMILES string of the molecule is CN(Cc1ncc(C(C)(C)C)o1)C1CCS(=O)(=O)C1. The Morgan fingerprint density at radius 2 is 2.16 bits per heavy atom. The van der Waals surface area contributed by atoms with Crippen LogP contribution in [0.5, 0.6) is 0 Å². The first-order chi connectivity index (χ1) is 8.67. The molecular weight excluding hydrogens is 264 g/mol. The number of sulfone groups is 1. The van der Waals surface area contributed by atoms with E-state index in [9.17, 15) is 8.42 Å². The highest BCUT2D eigenvalue weighted by molar-refractivity contribution is 7.91. The fourth-order valence-electron chi connectivity index (χ4n) is 2.20. The molecule has 1 unspecified atom stereocenters. The van der Waals surface area contributed by atoms with Gasteiger partial charge in [0.25, 0.3) is 0 Å². The molecule has 1 aromatic heterocycles. The number of nitrogens with zero attached hydrogens (tertiary/aromatic N) is 2. The lowest BCUT2D eigenvalue weighted by atomic mass is 9.94. The van der Waals surface area contributed by atoms with Crippen LogP contribution in [0.2, 0.25) is 0 Å². The molecule has 1 atom stereocenters. The van der Waals surface area contributed by atoms with Gasteiger partial charge in [0.15, 0.2) is 9.84 Å². The molecule has 0 amide bonds. The Kier molecular flexibility index (Phi) is 3.75. The first kappa shape index (κ1) is 14.5. The molecular formula is C13H22N2O3S. The quantitative estimate of drug-likeness (QED) is 0.844. The largest absolute Gasteiger partial charge is 0.444 e. The molecule has 1 fully saturated rings. The predicted octanol–water partition coefficient (Wildman–Crippen LogP) is 1.59. The van der Waals surface area contributed by atoms with E-state index in [4.69, 9.17) is 4.42 Å². The van der Waals surface area contributed by atoms with E-state index < -0.39 is 9.84 Å². The van der Waals surface area contributed by atoms with E-state index >= 15 is 0 Å². The molecule has 0 saturated carbocycles. The van der Waals surface area contributed by atoms with Gasteiger partial charge in [-0.25, -0.2) is 13.4 Å². The summed E-state index contributed by atoms with van der Waals surface area (Å²) in [4.78, 5) is 6.29. The normalized spacial score (nSPS) is 23.1. The molecule has 1 aliphatic rings. The molecule has 19 heavy (non-hydrogen) atoms. The molecule has 2 heterocycles. The lowest BCUT2D eigenvalue weighted by Crippen LogP contribution is -2.32. The molecule has 1 aromatic rings. The van der Waals surface area contributed by atoms with Crippen molar-refractivity contribution in [1.29, 1.82) is 0 Å². The van der Waals surface area contributed by atoms with Crippen LogP contribution in [0.25, 0.3) is 0 Å². The summed E-state index contributed by atoms with van der Waals surface area (Å²) >= 11 is 0. The van der Waals surface area contributed by atoms with Gasteiger partial charge in [-0.05, 0) is 13.5 Å². The van der Waals surface area contributed by atoms with Crippen LogP contribution in [0, 0.1) is 0 Å². The van der Waals surface area contributed by atoms with Crippen molar-refractivity contribution in [2.45, 2.75) is 45.2 Å². The molecule has 0 aromatic carbocycles. The fraction of sp³-hybridized carbons (Fsp3) is 0.769. The van der Waals surface area contributed by atoms with Crippen molar-refractivity contribution in [2.75, 3.05) is 18.6 Å². The van der Waals surface area contributed by atoms with Gasteiger partial charge in [-0.15, -0.1) is 0 Å². The maximum absolute atomic E-state index is 11.5. The third-order valence-corrected chi connectivity index (χ3v) is 5.26. The van der Waals surface area contributed by atoms with E-state index in [1.54, 1.807) is 6.20 Å². The third-order valence-electron chi connectivity index (χ3n) is 3.51. The van der Waals surface area contributed by atoms with Crippen molar-refractivity contribution in [1.82, 2.24) is 9.88 Å². The Balaban J connectivity index is 2.00. The van der Waals surface area contributed by atoms with E-state index in [1.165, 1.54) is 0 Å². The van der Waals surface area contributed by atoms with Gasteiger partial charge in [0.1, 0.15) is 5.76 Å². The highest BCUT2D eigenvalue weighted by Gasteiger charge is 2.31. The molecule has 0 N–H and O–H groups in total. The summed E-state index contributed by atoms with van der Waals surface area (Å²) in [5.74, 6) is 2.05. The molecule has 6 heteroatoms. The van der Waals surface area contributed by atoms with Crippen molar-refractivity contribution in [2.24, 2.45) is 0 Å². The molecule has 108 valence electrons. The van der Waals surface area contributed by atoms with Crippen molar-refractivity contribution in [3.05, 3.63) is 17.8 Å². The zero-order valence-electron chi connectivity index (χ0n) is 12.0. The number of hydrogen-bond acceptors (Lipinski definition) is 5. The number of oxazole rings is 1. The van der Waals surface area contributed by atoms with Crippen LogP contribution in [0.15, 0.2) is 10.6 Å². The van der Waals surface area contributed by atoms with Gasteiger partial charge < -0.3 is 4.42 Å². The topological polar surface area (TPSA) is 63.4 Å². The second kappa shape index (κ2) is 4.90. The van der Waals surface area contributed by atoms with E-state index in [-0.39, 0.29) is 17.2 Å². The number of hydrogen-bond donors (Lipinski definition) is 0.